The predicted octanol–water partition coefficient (Wildman–Crippen LogP) is 1.90. The number of nitro groups is 1. The molecule has 0 bridgehead atoms. The zero-order chi connectivity index (χ0) is 12.7. The van der Waals surface area contributed by atoms with Gasteiger partial charge >= 0.3 is 0 Å². The second kappa shape index (κ2) is 4.40. The smallest absolute Gasteiger partial charge is 0.271 e. The maximum absolute atomic E-state index is 10.7. The van der Waals surface area contributed by atoms with Crippen LogP contribution >= 0.6 is 11.6 Å². The molecule has 18 heavy (non-hydrogen) atoms. The largest absolute Gasteiger partial charge is 0.370 e. The molecule has 2 atom stereocenters. The molecule has 1 N–H and O–H groups in total. The minimum absolute atomic E-state index is 0.0461. The normalized spacial score (nSPS) is 26.4. The van der Waals surface area contributed by atoms with Gasteiger partial charge in [-0.25, -0.2) is 0 Å². The quantitative estimate of drug-likeness (QED) is 0.657. The van der Waals surface area contributed by atoms with E-state index in [-0.39, 0.29) is 5.69 Å². The van der Waals surface area contributed by atoms with E-state index in [1.54, 1.807) is 6.07 Å². The van der Waals surface area contributed by atoms with Crippen molar-refractivity contribution in [2.24, 2.45) is 11.8 Å². The predicted molar refractivity (Wildman–Crippen MR) is 70.2 cm³/mol. The minimum Gasteiger partial charge on any atom is -0.370 e. The zero-order valence-corrected chi connectivity index (χ0v) is 10.6. The summed E-state index contributed by atoms with van der Waals surface area (Å²) in [6, 6.07) is 4.71. The summed E-state index contributed by atoms with van der Waals surface area (Å²) in [4.78, 5) is 12.5. The monoisotopic (exact) mass is 267 g/mol. The van der Waals surface area contributed by atoms with E-state index in [9.17, 15) is 10.1 Å². The standard InChI is InChI=1S/C12H14ClN3O2/c13-11-3-10(16(17)18)1-2-12(11)15-6-8-4-14-5-9(8)7-15/h1-3,8-9,14H,4-7H2/t8-,9+. The first-order chi connectivity index (χ1) is 8.65. The maximum Gasteiger partial charge on any atom is 0.271 e. The summed E-state index contributed by atoms with van der Waals surface area (Å²) >= 11 is 6.15. The molecule has 0 saturated carbocycles. The van der Waals surface area contributed by atoms with E-state index in [4.69, 9.17) is 11.6 Å². The first kappa shape index (κ1) is 11.7. The first-order valence-electron chi connectivity index (χ1n) is 6.05. The molecule has 0 aliphatic carbocycles. The molecule has 2 aliphatic rings. The molecule has 5 nitrogen and oxygen atoms in total. The molecular weight excluding hydrogens is 254 g/mol. The zero-order valence-electron chi connectivity index (χ0n) is 9.80. The van der Waals surface area contributed by atoms with E-state index >= 15 is 0 Å². The van der Waals surface area contributed by atoms with E-state index in [1.807, 2.05) is 0 Å². The van der Waals surface area contributed by atoms with Crippen LogP contribution in [0, 0.1) is 22.0 Å². The van der Waals surface area contributed by atoms with Gasteiger partial charge in [0.25, 0.3) is 5.69 Å². The lowest BCUT2D eigenvalue weighted by Crippen LogP contribution is -2.25. The van der Waals surface area contributed by atoms with Crippen LogP contribution in [0.25, 0.3) is 0 Å². The Bertz CT molecular complexity index is 482. The van der Waals surface area contributed by atoms with E-state index in [1.165, 1.54) is 12.1 Å². The lowest BCUT2D eigenvalue weighted by molar-refractivity contribution is -0.384. The third-order valence-electron chi connectivity index (χ3n) is 3.87. The second-order valence-electron chi connectivity index (χ2n) is 4.98. The van der Waals surface area contributed by atoms with Crippen molar-refractivity contribution in [2.45, 2.75) is 0 Å². The highest BCUT2D eigenvalue weighted by Gasteiger charge is 2.36. The maximum atomic E-state index is 10.7. The van der Waals surface area contributed by atoms with Gasteiger partial charge in [-0.2, -0.15) is 0 Å². The van der Waals surface area contributed by atoms with Crippen LogP contribution in [0.5, 0.6) is 0 Å². The van der Waals surface area contributed by atoms with E-state index in [2.05, 4.69) is 10.2 Å². The van der Waals surface area contributed by atoms with Crippen LogP contribution in [0.3, 0.4) is 0 Å². The fraction of sp³-hybridized carbons (Fsp3) is 0.500. The van der Waals surface area contributed by atoms with Gasteiger partial charge in [-0.1, -0.05) is 11.6 Å². The van der Waals surface area contributed by atoms with Crippen molar-refractivity contribution in [3.05, 3.63) is 33.3 Å². The number of nitrogens with zero attached hydrogens (tertiary/aromatic N) is 2. The molecule has 2 saturated heterocycles. The summed E-state index contributed by atoms with van der Waals surface area (Å²) in [7, 11) is 0. The van der Waals surface area contributed by atoms with Crippen LogP contribution in [0.4, 0.5) is 11.4 Å². The van der Waals surface area contributed by atoms with Crippen molar-refractivity contribution in [2.75, 3.05) is 31.1 Å². The number of fused-ring (bicyclic) bond motifs is 1. The Kier molecular flexibility index (Phi) is 2.87. The van der Waals surface area contributed by atoms with Crippen molar-refractivity contribution in [1.82, 2.24) is 5.32 Å². The number of nitrogens with one attached hydrogen (secondary N) is 1. The number of halogens is 1. The number of benzene rings is 1. The third-order valence-corrected chi connectivity index (χ3v) is 4.18. The SMILES string of the molecule is O=[N+]([O-])c1ccc(N2C[C@H]3CNC[C@H]3C2)c(Cl)c1. The number of anilines is 1. The number of hydrogen-bond donors (Lipinski definition) is 1. The van der Waals surface area contributed by atoms with Crippen LogP contribution in [-0.4, -0.2) is 31.1 Å². The first-order valence-corrected chi connectivity index (χ1v) is 6.42. The summed E-state index contributed by atoms with van der Waals surface area (Å²) in [5, 5.41) is 14.5. The second-order valence-corrected chi connectivity index (χ2v) is 5.38. The Morgan fingerprint density at radius 3 is 2.56 bits per heavy atom. The molecule has 2 heterocycles. The fourth-order valence-corrected chi connectivity index (χ4v) is 3.21. The van der Waals surface area contributed by atoms with Crippen molar-refractivity contribution in [3.63, 3.8) is 0 Å². The number of non-ortho nitro benzene ring substituents is 1. The average molecular weight is 268 g/mol. The molecule has 0 unspecified atom stereocenters. The van der Waals surface area contributed by atoms with Crippen molar-refractivity contribution in [3.8, 4) is 0 Å². The molecular formula is C12H14ClN3O2. The molecule has 1 aromatic rings. The lowest BCUT2D eigenvalue weighted by Gasteiger charge is -2.20. The molecule has 2 fully saturated rings. The van der Waals surface area contributed by atoms with Crippen molar-refractivity contribution < 1.29 is 4.92 Å². The lowest BCUT2D eigenvalue weighted by atomic mass is 10.0. The van der Waals surface area contributed by atoms with Gasteiger partial charge in [0.05, 0.1) is 15.6 Å². The van der Waals surface area contributed by atoms with E-state index in [0.717, 1.165) is 31.9 Å². The summed E-state index contributed by atoms with van der Waals surface area (Å²) in [5.74, 6) is 1.35. The topological polar surface area (TPSA) is 58.4 Å². The Morgan fingerprint density at radius 2 is 2.00 bits per heavy atom. The molecule has 0 amide bonds. The van der Waals surface area contributed by atoms with Crippen molar-refractivity contribution in [1.29, 1.82) is 0 Å². The molecule has 1 aromatic carbocycles. The van der Waals surface area contributed by atoms with Crippen LogP contribution in [-0.2, 0) is 0 Å². The Hall–Kier alpha value is -1.33. The molecule has 0 radical (unpaired) electrons. The molecule has 0 spiro atoms. The fourth-order valence-electron chi connectivity index (χ4n) is 2.92. The minimum atomic E-state index is -0.418. The Balaban J connectivity index is 1.83. The van der Waals surface area contributed by atoms with Gasteiger partial charge in [-0.05, 0) is 17.9 Å². The van der Waals surface area contributed by atoms with Gasteiger partial charge in [0, 0.05) is 38.3 Å². The summed E-state index contributed by atoms with van der Waals surface area (Å²) < 4.78 is 0. The molecule has 0 aromatic heterocycles. The Morgan fingerprint density at radius 1 is 1.33 bits per heavy atom. The third kappa shape index (κ3) is 1.93. The molecule has 3 rings (SSSR count). The van der Waals surface area contributed by atoms with Gasteiger partial charge in [-0.3, -0.25) is 10.1 Å². The highest BCUT2D eigenvalue weighted by molar-refractivity contribution is 6.33. The summed E-state index contributed by atoms with van der Waals surface area (Å²) in [5.41, 5.74) is 0.960. The van der Waals surface area contributed by atoms with E-state index < -0.39 is 4.92 Å². The summed E-state index contributed by atoms with van der Waals surface area (Å²) in [6.45, 7) is 4.09. The van der Waals surface area contributed by atoms with Gasteiger partial charge in [0.15, 0.2) is 0 Å². The van der Waals surface area contributed by atoms with Gasteiger partial charge in [-0.15, -0.1) is 0 Å². The molecule has 6 heteroatoms. The average Bonchev–Trinajstić information content (AvgIpc) is 2.88. The van der Waals surface area contributed by atoms with Crippen LogP contribution in [0.2, 0.25) is 5.02 Å². The van der Waals surface area contributed by atoms with Gasteiger partial charge in [0.1, 0.15) is 0 Å². The highest BCUT2D eigenvalue weighted by atomic mass is 35.5. The van der Waals surface area contributed by atoms with Gasteiger partial charge < -0.3 is 10.2 Å². The van der Waals surface area contributed by atoms with Crippen LogP contribution < -0.4 is 10.2 Å². The molecule has 2 aliphatic heterocycles. The Labute approximate surface area is 110 Å². The van der Waals surface area contributed by atoms with Crippen LogP contribution in [0.1, 0.15) is 0 Å². The van der Waals surface area contributed by atoms with Gasteiger partial charge in [0.2, 0.25) is 0 Å². The number of hydrogen-bond acceptors (Lipinski definition) is 4. The van der Waals surface area contributed by atoms with Crippen LogP contribution in [0.15, 0.2) is 18.2 Å². The van der Waals surface area contributed by atoms with Crippen molar-refractivity contribution >= 4 is 23.0 Å². The highest BCUT2D eigenvalue weighted by Crippen LogP contribution is 2.35. The number of rotatable bonds is 2. The van der Waals surface area contributed by atoms with E-state index in [0.29, 0.717) is 16.9 Å². The number of nitro benzene ring substituents is 1. The summed E-state index contributed by atoms with van der Waals surface area (Å²) in [6.07, 6.45) is 0. The molecule has 96 valence electrons.